The molecule has 0 aliphatic carbocycles. The van der Waals surface area contributed by atoms with Crippen LogP contribution in [0.2, 0.25) is 0 Å². The van der Waals surface area contributed by atoms with E-state index in [1.807, 2.05) is 43.4 Å². The van der Waals surface area contributed by atoms with Gasteiger partial charge in [-0.1, -0.05) is 42.5 Å². The zero-order valence-corrected chi connectivity index (χ0v) is 15.3. The predicted octanol–water partition coefficient (Wildman–Crippen LogP) is 3.32. The Morgan fingerprint density at radius 2 is 1.85 bits per heavy atom. The van der Waals surface area contributed by atoms with Gasteiger partial charge in [-0.2, -0.15) is 0 Å². The van der Waals surface area contributed by atoms with Gasteiger partial charge in [-0.25, -0.2) is 0 Å². The van der Waals surface area contributed by atoms with Crippen molar-refractivity contribution in [2.24, 2.45) is 7.05 Å². The molecule has 2 aromatic carbocycles. The van der Waals surface area contributed by atoms with Gasteiger partial charge >= 0.3 is 5.97 Å². The Bertz CT molecular complexity index is 1020. The Labute approximate surface area is 157 Å². The largest absolute Gasteiger partial charge is 0.481 e. The van der Waals surface area contributed by atoms with Gasteiger partial charge in [0.2, 0.25) is 5.91 Å². The number of benzene rings is 2. The minimum Gasteiger partial charge on any atom is -0.481 e. The number of carboxylic acid groups (broad SMARTS) is 1. The number of nitrogens with zero attached hydrogens (tertiary/aromatic N) is 2. The third-order valence-corrected chi connectivity index (χ3v) is 5.43. The first kappa shape index (κ1) is 17.3. The molecule has 1 N–H and O–H groups in total. The smallest absolute Gasteiger partial charge is 0.312 e. The van der Waals surface area contributed by atoms with Gasteiger partial charge in [-0.3, -0.25) is 9.59 Å². The van der Waals surface area contributed by atoms with Gasteiger partial charge in [-0.15, -0.1) is 0 Å². The van der Waals surface area contributed by atoms with E-state index in [9.17, 15) is 14.7 Å². The Morgan fingerprint density at radius 1 is 1.11 bits per heavy atom. The molecule has 4 rings (SSSR count). The van der Waals surface area contributed by atoms with Crippen molar-refractivity contribution in [1.82, 2.24) is 9.47 Å². The van der Waals surface area contributed by atoms with Gasteiger partial charge < -0.3 is 14.6 Å². The highest BCUT2D eigenvalue weighted by Crippen LogP contribution is 2.29. The topological polar surface area (TPSA) is 62.5 Å². The number of aryl methyl sites for hydroxylation is 2. The minimum absolute atomic E-state index is 0.00341. The molecule has 0 fully saturated rings. The molecule has 2 heterocycles. The highest BCUT2D eigenvalue weighted by Gasteiger charge is 2.32. The van der Waals surface area contributed by atoms with Crippen molar-refractivity contribution in [3.8, 4) is 0 Å². The number of para-hydroxylation sites is 1. The predicted molar refractivity (Wildman–Crippen MR) is 103 cm³/mol. The number of carbonyl (C=O) groups is 2. The number of carboxylic acids is 1. The molecule has 1 unspecified atom stereocenters. The summed E-state index contributed by atoms with van der Waals surface area (Å²) in [5, 5.41) is 10.7. The van der Waals surface area contributed by atoms with E-state index in [4.69, 9.17) is 0 Å². The fourth-order valence-corrected chi connectivity index (χ4v) is 4.03. The minimum atomic E-state index is -0.881. The third-order valence-electron chi connectivity index (χ3n) is 5.43. The lowest BCUT2D eigenvalue weighted by molar-refractivity contribution is -0.141. The van der Waals surface area contributed by atoms with Crippen LogP contribution in [0.1, 0.15) is 29.0 Å². The average molecular weight is 362 g/mol. The molecule has 0 spiro atoms. The van der Waals surface area contributed by atoms with Gasteiger partial charge in [0, 0.05) is 43.7 Å². The highest BCUT2D eigenvalue weighted by atomic mass is 16.4. The lowest BCUT2D eigenvalue weighted by atomic mass is 9.89. The molecule has 1 aliphatic heterocycles. The summed E-state index contributed by atoms with van der Waals surface area (Å²) in [5.41, 5.74) is 4.05. The second kappa shape index (κ2) is 6.91. The van der Waals surface area contributed by atoms with Gasteiger partial charge in [-0.05, 0) is 29.2 Å². The molecule has 0 saturated carbocycles. The molecule has 0 radical (unpaired) electrons. The van der Waals surface area contributed by atoms with Crippen molar-refractivity contribution in [2.75, 3.05) is 6.54 Å². The van der Waals surface area contributed by atoms with Crippen LogP contribution in [0.4, 0.5) is 0 Å². The number of fused-ring (bicyclic) bond motifs is 2. The maximum atomic E-state index is 12.8. The van der Waals surface area contributed by atoms with Crippen molar-refractivity contribution >= 4 is 22.8 Å². The lowest BCUT2D eigenvalue weighted by Crippen LogP contribution is -2.40. The van der Waals surface area contributed by atoms with Crippen LogP contribution in [0.5, 0.6) is 0 Å². The van der Waals surface area contributed by atoms with Crippen molar-refractivity contribution in [3.63, 3.8) is 0 Å². The summed E-state index contributed by atoms with van der Waals surface area (Å²) in [5.74, 6) is -1.53. The molecule has 5 heteroatoms. The van der Waals surface area contributed by atoms with E-state index in [0.29, 0.717) is 19.4 Å². The number of aliphatic carboxylic acids is 1. The van der Waals surface area contributed by atoms with Crippen LogP contribution in [0.25, 0.3) is 10.9 Å². The number of carbonyl (C=O) groups excluding carboxylic acids is 1. The summed E-state index contributed by atoms with van der Waals surface area (Å²) in [6.45, 7) is 0.717. The van der Waals surface area contributed by atoms with E-state index < -0.39 is 11.9 Å². The van der Waals surface area contributed by atoms with E-state index in [1.165, 1.54) is 5.39 Å². The second-order valence-corrected chi connectivity index (χ2v) is 7.15. The molecule has 1 aromatic heterocycles. The monoisotopic (exact) mass is 362 g/mol. The molecule has 0 saturated heterocycles. The van der Waals surface area contributed by atoms with Crippen LogP contribution in [0.15, 0.2) is 54.7 Å². The van der Waals surface area contributed by atoms with Crippen molar-refractivity contribution in [2.45, 2.75) is 25.3 Å². The second-order valence-electron chi connectivity index (χ2n) is 7.15. The number of aromatic nitrogens is 1. The van der Waals surface area contributed by atoms with Gasteiger partial charge in [0.1, 0.15) is 0 Å². The number of rotatable bonds is 4. The summed E-state index contributed by atoms with van der Waals surface area (Å²) in [7, 11) is 2.01. The maximum Gasteiger partial charge on any atom is 0.312 e. The fraction of sp³-hybridized carbons (Fsp3) is 0.273. The average Bonchev–Trinajstić information content (AvgIpc) is 3.01. The zero-order valence-electron chi connectivity index (χ0n) is 15.3. The molecular weight excluding hydrogens is 340 g/mol. The summed E-state index contributed by atoms with van der Waals surface area (Å²) >= 11 is 0. The molecule has 138 valence electrons. The van der Waals surface area contributed by atoms with Crippen molar-refractivity contribution in [3.05, 3.63) is 71.4 Å². The normalized spacial score (nSPS) is 16.3. The van der Waals surface area contributed by atoms with Gasteiger partial charge in [0.15, 0.2) is 0 Å². The molecule has 27 heavy (non-hydrogen) atoms. The van der Waals surface area contributed by atoms with E-state index in [1.54, 1.807) is 4.90 Å². The Kier molecular flexibility index (Phi) is 4.44. The number of hydrogen-bond acceptors (Lipinski definition) is 2. The first-order valence-electron chi connectivity index (χ1n) is 9.16. The van der Waals surface area contributed by atoms with E-state index in [0.717, 1.165) is 22.2 Å². The molecule has 1 amide bonds. The zero-order chi connectivity index (χ0) is 19.0. The quantitative estimate of drug-likeness (QED) is 0.774. The highest BCUT2D eigenvalue weighted by molar-refractivity contribution is 5.85. The summed E-state index contributed by atoms with van der Waals surface area (Å²) in [4.78, 5) is 26.2. The molecule has 1 atom stereocenters. The van der Waals surface area contributed by atoms with E-state index in [-0.39, 0.29) is 12.5 Å². The molecule has 5 nitrogen and oxygen atoms in total. The number of hydrogen-bond donors (Lipinski definition) is 1. The molecular formula is C22H22N2O3. The first-order chi connectivity index (χ1) is 13.0. The van der Waals surface area contributed by atoms with Crippen LogP contribution < -0.4 is 0 Å². The molecule has 0 bridgehead atoms. The third kappa shape index (κ3) is 3.21. The first-order valence-corrected chi connectivity index (χ1v) is 9.16. The van der Waals surface area contributed by atoms with Crippen molar-refractivity contribution < 1.29 is 14.7 Å². The molecule has 1 aliphatic rings. The summed E-state index contributed by atoms with van der Waals surface area (Å²) < 4.78 is 2.08. The fourth-order valence-electron chi connectivity index (χ4n) is 4.03. The SMILES string of the molecule is Cn1cc(CCC(=O)N2Cc3ccccc3C(C(=O)O)C2)c2ccccc21. The van der Waals surface area contributed by atoms with E-state index in [2.05, 4.69) is 22.9 Å². The molecule has 3 aromatic rings. The van der Waals surface area contributed by atoms with Crippen LogP contribution >= 0.6 is 0 Å². The van der Waals surface area contributed by atoms with Gasteiger partial charge in [0.05, 0.1) is 5.92 Å². The van der Waals surface area contributed by atoms with Gasteiger partial charge in [0.25, 0.3) is 0 Å². The van der Waals surface area contributed by atoms with Crippen LogP contribution in [0, 0.1) is 0 Å². The van der Waals surface area contributed by atoms with Crippen molar-refractivity contribution in [1.29, 1.82) is 0 Å². The van der Waals surface area contributed by atoms with E-state index >= 15 is 0 Å². The maximum absolute atomic E-state index is 12.8. The summed E-state index contributed by atoms with van der Waals surface area (Å²) in [6.07, 6.45) is 3.10. The van der Waals surface area contributed by atoms with Crippen LogP contribution in [-0.2, 0) is 29.6 Å². The Morgan fingerprint density at radius 3 is 2.67 bits per heavy atom. The summed E-state index contributed by atoms with van der Waals surface area (Å²) in [6, 6.07) is 15.7. The Hall–Kier alpha value is -3.08. The van der Waals surface area contributed by atoms with Crippen LogP contribution in [0.3, 0.4) is 0 Å². The number of amides is 1. The lowest BCUT2D eigenvalue weighted by Gasteiger charge is -2.33. The Balaban J connectivity index is 1.51. The standard InChI is InChI=1S/C22H22N2O3/c1-23-12-16(18-8-4-5-9-20(18)23)10-11-21(25)24-13-15-6-2-3-7-17(15)19(14-24)22(26)27/h2-9,12,19H,10-11,13-14H2,1H3,(H,26,27). The van der Waals surface area contributed by atoms with Crippen LogP contribution in [-0.4, -0.2) is 33.0 Å².